The minimum absolute atomic E-state index is 0.0635. The molecular formula is C12H24N6O5. The first-order chi connectivity index (χ1) is 11.1. The SMILES string of the molecule is CCN(CO)c1nc(N(CO)COC)nc(N(CO)COC)n1. The van der Waals surface area contributed by atoms with Crippen LogP contribution in [0.5, 0.6) is 0 Å². The van der Waals surface area contributed by atoms with E-state index in [9.17, 15) is 15.3 Å². The summed E-state index contributed by atoms with van der Waals surface area (Å²) in [6.45, 7) is 1.40. The van der Waals surface area contributed by atoms with Gasteiger partial charge in [-0.25, -0.2) is 0 Å². The second kappa shape index (κ2) is 10.1. The van der Waals surface area contributed by atoms with Crippen LogP contribution in [-0.4, -0.2) is 84.7 Å². The average molecular weight is 332 g/mol. The third-order valence-corrected chi connectivity index (χ3v) is 2.91. The zero-order chi connectivity index (χ0) is 17.2. The van der Waals surface area contributed by atoms with Gasteiger partial charge in [-0.05, 0) is 6.92 Å². The lowest BCUT2D eigenvalue weighted by Crippen LogP contribution is -2.34. The van der Waals surface area contributed by atoms with E-state index in [4.69, 9.17) is 9.47 Å². The highest BCUT2D eigenvalue weighted by molar-refractivity contribution is 5.45. The second-order valence-corrected chi connectivity index (χ2v) is 4.43. The maximum Gasteiger partial charge on any atom is 0.235 e. The summed E-state index contributed by atoms with van der Waals surface area (Å²) in [4.78, 5) is 16.9. The Balaban J connectivity index is 3.30. The molecule has 1 heterocycles. The average Bonchev–Trinajstić information content (AvgIpc) is 2.58. The van der Waals surface area contributed by atoms with Crippen molar-refractivity contribution in [1.82, 2.24) is 15.0 Å². The Morgan fingerprint density at radius 2 is 1.09 bits per heavy atom. The molecule has 0 aromatic carbocycles. The van der Waals surface area contributed by atoms with E-state index >= 15 is 0 Å². The Labute approximate surface area is 134 Å². The van der Waals surface area contributed by atoms with Crippen LogP contribution in [0.4, 0.5) is 17.8 Å². The summed E-state index contributed by atoms with van der Waals surface area (Å²) < 4.78 is 9.98. The van der Waals surface area contributed by atoms with Gasteiger partial charge in [-0.3, -0.25) is 9.80 Å². The van der Waals surface area contributed by atoms with Crippen molar-refractivity contribution < 1.29 is 24.8 Å². The number of hydrogen-bond donors (Lipinski definition) is 3. The zero-order valence-corrected chi connectivity index (χ0v) is 13.6. The number of rotatable bonds is 11. The molecule has 0 bridgehead atoms. The molecule has 0 atom stereocenters. The van der Waals surface area contributed by atoms with Crippen LogP contribution in [-0.2, 0) is 9.47 Å². The van der Waals surface area contributed by atoms with Crippen LogP contribution in [0.1, 0.15) is 6.92 Å². The summed E-state index contributed by atoms with van der Waals surface area (Å²) >= 11 is 0. The van der Waals surface area contributed by atoms with E-state index in [-0.39, 0.29) is 51.5 Å². The highest BCUT2D eigenvalue weighted by Gasteiger charge is 2.19. The maximum absolute atomic E-state index is 9.44. The van der Waals surface area contributed by atoms with Gasteiger partial charge >= 0.3 is 0 Å². The number of anilines is 3. The van der Waals surface area contributed by atoms with Crippen LogP contribution in [0, 0.1) is 0 Å². The van der Waals surface area contributed by atoms with Crippen LogP contribution < -0.4 is 14.7 Å². The molecule has 1 aromatic heterocycles. The lowest BCUT2D eigenvalue weighted by atomic mass is 10.6. The van der Waals surface area contributed by atoms with Crippen molar-refractivity contribution in [3.8, 4) is 0 Å². The van der Waals surface area contributed by atoms with Gasteiger partial charge < -0.3 is 29.7 Å². The van der Waals surface area contributed by atoms with Crippen molar-refractivity contribution in [2.75, 3.05) is 69.1 Å². The number of aliphatic hydroxyl groups excluding tert-OH is 3. The molecule has 0 amide bonds. The first-order valence-electron chi connectivity index (χ1n) is 6.96. The number of methoxy groups -OCH3 is 2. The molecule has 23 heavy (non-hydrogen) atoms. The smallest absolute Gasteiger partial charge is 0.235 e. The van der Waals surface area contributed by atoms with Crippen LogP contribution in [0.3, 0.4) is 0 Å². The topological polar surface area (TPSA) is 128 Å². The minimum Gasteiger partial charge on any atom is -0.376 e. The Morgan fingerprint density at radius 1 is 0.739 bits per heavy atom. The van der Waals surface area contributed by atoms with Gasteiger partial charge in [0.15, 0.2) is 0 Å². The van der Waals surface area contributed by atoms with E-state index in [0.29, 0.717) is 6.54 Å². The Kier molecular flexibility index (Phi) is 8.43. The molecule has 0 unspecified atom stereocenters. The molecule has 0 saturated carbocycles. The van der Waals surface area contributed by atoms with E-state index in [0.717, 1.165) is 0 Å². The standard InChI is InChI=1S/C12H24N6O5/c1-4-16(5-19)10-13-11(17(6-20)8-22-2)15-12(14-10)18(7-21)9-23-3/h19-21H,4-9H2,1-3H3. The summed E-state index contributed by atoms with van der Waals surface area (Å²) in [5.41, 5.74) is 0. The lowest BCUT2D eigenvalue weighted by molar-refractivity contribution is 0.163. The molecule has 0 aliphatic rings. The Hall–Kier alpha value is -1.79. The van der Waals surface area contributed by atoms with Crippen molar-refractivity contribution in [2.24, 2.45) is 0 Å². The van der Waals surface area contributed by atoms with Gasteiger partial charge in [-0.2, -0.15) is 15.0 Å². The summed E-state index contributed by atoms with van der Waals surface area (Å²) in [5.74, 6) is 0.505. The predicted octanol–water partition coefficient (Wildman–Crippen LogP) is -1.63. The molecular weight excluding hydrogens is 308 g/mol. The monoisotopic (exact) mass is 332 g/mol. The molecule has 1 aromatic rings. The largest absolute Gasteiger partial charge is 0.376 e. The molecule has 1 rings (SSSR count). The van der Waals surface area contributed by atoms with E-state index in [1.54, 1.807) is 0 Å². The predicted molar refractivity (Wildman–Crippen MR) is 82.8 cm³/mol. The van der Waals surface area contributed by atoms with Crippen LogP contribution in [0.2, 0.25) is 0 Å². The summed E-state index contributed by atoms with van der Waals surface area (Å²) in [5, 5.41) is 28.3. The molecule has 11 heteroatoms. The number of nitrogens with zero attached hydrogens (tertiary/aromatic N) is 6. The van der Waals surface area contributed by atoms with Gasteiger partial charge in [-0.1, -0.05) is 0 Å². The van der Waals surface area contributed by atoms with Crippen molar-refractivity contribution in [3.05, 3.63) is 0 Å². The number of aromatic nitrogens is 3. The van der Waals surface area contributed by atoms with Crippen molar-refractivity contribution in [3.63, 3.8) is 0 Å². The quantitative estimate of drug-likeness (QED) is 0.404. The van der Waals surface area contributed by atoms with Crippen molar-refractivity contribution in [2.45, 2.75) is 6.92 Å². The zero-order valence-electron chi connectivity index (χ0n) is 13.6. The summed E-state index contributed by atoms with van der Waals surface area (Å²) in [7, 11) is 2.95. The molecule has 0 fully saturated rings. The highest BCUT2D eigenvalue weighted by Crippen LogP contribution is 2.18. The van der Waals surface area contributed by atoms with Gasteiger partial charge in [0, 0.05) is 20.8 Å². The number of ether oxygens (including phenoxy) is 2. The van der Waals surface area contributed by atoms with Crippen molar-refractivity contribution >= 4 is 17.8 Å². The Bertz CT molecular complexity index is 429. The third-order valence-electron chi connectivity index (χ3n) is 2.91. The van der Waals surface area contributed by atoms with Gasteiger partial charge in [-0.15, -0.1) is 0 Å². The molecule has 0 radical (unpaired) electrons. The summed E-state index contributed by atoms with van der Waals surface area (Å²) in [6.07, 6.45) is 0. The fourth-order valence-electron chi connectivity index (χ4n) is 1.71. The Morgan fingerprint density at radius 3 is 1.35 bits per heavy atom. The maximum atomic E-state index is 9.44. The van der Waals surface area contributed by atoms with Gasteiger partial charge in [0.05, 0.1) is 0 Å². The molecule has 11 nitrogen and oxygen atoms in total. The lowest BCUT2D eigenvalue weighted by Gasteiger charge is -2.25. The van der Waals surface area contributed by atoms with Crippen LogP contribution >= 0.6 is 0 Å². The molecule has 0 aliphatic heterocycles. The van der Waals surface area contributed by atoms with Crippen LogP contribution in [0.25, 0.3) is 0 Å². The molecule has 0 saturated heterocycles. The van der Waals surface area contributed by atoms with E-state index in [2.05, 4.69) is 15.0 Å². The van der Waals surface area contributed by atoms with Gasteiger partial charge in [0.25, 0.3) is 0 Å². The highest BCUT2D eigenvalue weighted by atomic mass is 16.5. The van der Waals surface area contributed by atoms with Crippen molar-refractivity contribution in [1.29, 1.82) is 0 Å². The first-order valence-corrected chi connectivity index (χ1v) is 6.96. The van der Waals surface area contributed by atoms with E-state index in [1.807, 2.05) is 6.92 Å². The molecule has 132 valence electrons. The second-order valence-electron chi connectivity index (χ2n) is 4.43. The number of hydrogen-bond acceptors (Lipinski definition) is 11. The molecule has 0 aliphatic carbocycles. The van der Waals surface area contributed by atoms with Gasteiger partial charge in [0.2, 0.25) is 17.8 Å². The summed E-state index contributed by atoms with van der Waals surface area (Å²) in [6, 6.07) is 0. The number of aliphatic hydroxyl groups is 3. The molecule has 0 spiro atoms. The normalized spacial score (nSPS) is 10.7. The minimum atomic E-state index is -0.370. The third kappa shape index (κ3) is 5.11. The first kappa shape index (κ1) is 19.3. The van der Waals surface area contributed by atoms with Crippen LogP contribution in [0.15, 0.2) is 0 Å². The van der Waals surface area contributed by atoms with E-state index < -0.39 is 0 Å². The van der Waals surface area contributed by atoms with Gasteiger partial charge in [0.1, 0.15) is 33.7 Å². The fraction of sp³-hybridized carbons (Fsp3) is 0.750. The van der Waals surface area contributed by atoms with E-state index in [1.165, 1.54) is 28.9 Å². The molecule has 3 N–H and O–H groups in total. The fourth-order valence-corrected chi connectivity index (χ4v) is 1.71.